The predicted molar refractivity (Wildman–Crippen MR) is 110 cm³/mol. The molecule has 0 spiro atoms. The third kappa shape index (κ3) is 5.88. The second-order valence-electron chi connectivity index (χ2n) is 7.16. The highest BCUT2D eigenvalue weighted by Crippen LogP contribution is 2.25. The molecule has 1 aromatic carbocycles. The van der Waals surface area contributed by atoms with Gasteiger partial charge in [0.2, 0.25) is 0 Å². The molecule has 1 aliphatic rings. The zero-order valence-corrected chi connectivity index (χ0v) is 16.7. The van der Waals surface area contributed by atoms with E-state index in [-0.39, 0.29) is 18.6 Å². The predicted octanol–water partition coefficient (Wildman–Crippen LogP) is 1.79. The lowest BCUT2D eigenvalue weighted by atomic mass is 10.0. The number of para-hydroxylation sites is 1. The van der Waals surface area contributed by atoms with Gasteiger partial charge in [-0.05, 0) is 31.9 Å². The summed E-state index contributed by atoms with van der Waals surface area (Å²) in [5, 5.41) is 19.7. The maximum absolute atomic E-state index is 12.1. The van der Waals surface area contributed by atoms with Crippen LogP contribution in [0, 0.1) is 0 Å². The molecule has 0 bridgehead atoms. The monoisotopic (exact) mass is 399 g/mol. The van der Waals surface area contributed by atoms with E-state index in [0.717, 1.165) is 43.8 Å². The van der Waals surface area contributed by atoms with Crippen molar-refractivity contribution in [3.8, 4) is 5.75 Å². The molecule has 1 atom stereocenters. The highest BCUT2D eigenvalue weighted by atomic mass is 16.5. The number of rotatable bonds is 10. The van der Waals surface area contributed by atoms with Crippen molar-refractivity contribution in [3.05, 3.63) is 54.4 Å². The molecule has 1 aromatic heterocycles. The Morgan fingerprint density at radius 2 is 2.28 bits per heavy atom. The molecule has 1 aliphatic heterocycles. The van der Waals surface area contributed by atoms with Gasteiger partial charge in [0.15, 0.2) is 5.69 Å². The van der Waals surface area contributed by atoms with Crippen LogP contribution in [0.15, 0.2) is 43.1 Å². The van der Waals surface area contributed by atoms with Crippen molar-refractivity contribution in [2.45, 2.75) is 31.8 Å². The maximum Gasteiger partial charge on any atom is 0.273 e. The fourth-order valence-electron chi connectivity index (χ4n) is 3.49. The van der Waals surface area contributed by atoms with Crippen LogP contribution in [0.5, 0.6) is 5.75 Å². The van der Waals surface area contributed by atoms with Crippen molar-refractivity contribution < 1.29 is 14.6 Å². The number of aromatic nitrogens is 3. The number of carbonyl (C=O) groups is 1. The van der Waals surface area contributed by atoms with Gasteiger partial charge in [-0.1, -0.05) is 36.1 Å². The number of hydrogen-bond acceptors (Lipinski definition) is 6. The van der Waals surface area contributed by atoms with Crippen LogP contribution in [0.1, 0.15) is 41.4 Å². The number of carbonyl (C=O) groups excluding carboxylic acids is 1. The van der Waals surface area contributed by atoms with E-state index >= 15 is 0 Å². The summed E-state index contributed by atoms with van der Waals surface area (Å²) in [6, 6.07) is 8.25. The average molecular weight is 399 g/mol. The van der Waals surface area contributed by atoms with E-state index in [1.54, 1.807) is 17.0 Å². The van der Waals surface area contributed by atoms with Gasteiger partial charge in [0.25, 0.3) is 5.91 Å². The zero-order chi connectivity index (χ0) is 20.5. The Morgan fingerprint density at radius 1 is 1.41 bits per heavy atom. The summed E-state index contributed by atoms with van der Waals surface area (Å²) in [4.78, 5) is 14.5. The summed E-state index contributed by atoms with van der Waals surface area (Å²) in [6.45, 7) is 7.31. The molecular weight excluding hydrogens is 370 g/mol. The standard InChI is InChI=1S/C21H29N5O3/c1-2-13-29-20-9-4-3-7-17(20)14-25-11-5-8-18(15-25)26-16-19(23-24-26)21(28)22-10-6-12-27/h2-4,7,9,16,18,27H,1,5-6,8,10-15H2,(H,22,28). The number of ether oxygens (including phenoxy) is 1. The van der Waals surface area contributed by atoms with E-state index < -0.39 is 0 Å². The average Bonchev–Trinajstić information content (AvgIpc) is 3.24. The number of amides is 1. The van der Waals surface area contributed by atoms with Gasteiger partial charge in [-0.2, -0.15) is 0 Å². The van der Waals surface area contributed by atoms with Gasteiger partial charge in [0, 0.05) is 31.8 Å². The van der Waals surface area contributed by atoms with Crippen molar-refractivity contribution in [1.29, 1.82) is 0 Å². The number of likely N-dealkylation sites (tertiary alicyclic amines) is 1. The van der Waals surface area contributed by atoms with Crippen molar-refractivity contribution in [3.63, 3.8) is 0 Å². The van der Waals surface area contributed by atoms with Crippen LogP contribution >= 0.6 is 0 Å². The number of nitrogens with one attached hydrogen (secondary N) is 1. The van der Waals surface area contributed by atoms with Crippen LogP contribution in [0.25, 0.3) is 0 Å². The van der Waals surface area contributed by atoms with E-state index in [1.807, 2.05) is 18.2 Å². The summed E-state index contributed by atoms with van der Waals surface area (Å²) in [5.41, 5.74) is 1.46. The SMILES string of the molecule is C=CCOc1ccccc1CN1CCCC(n2cc(C(=O)NCCCO)nn2)C1. The van der Waals surface area contributed by atoms with Crippen LogP contribution in [-0.4, -0.2) is 63.8 Å². The first kappa shape index (κ1) is 21.0. The molecule has 2 heterocycles. The smallest absolute Gasteiger partial charge is 0.273 e. The summed E-state index contributed by atoms with van der Waals surface area (Å²) in [6.07, 6.45) is 6.03. The molecule has 0 aliphatic carbocycles. The van der Waals surface area contributed by atoms with Crippen LogP contribution in [-0.2, 0) is 6.54 Å². The number of piperidine rings is 1. The molecule has 0 radical (unpaired) electrons. The van der Waals surface area contributed by atoms with Gasteiger partial charge < -0.3 is 15.2 Å². The normalized spacial score (nSPS) is 17.1. The maximum atomic E-state index is 12.1. The minimum Gasteiger partial charge on any atom is -0.489 e. The van der Waals surface area contributed by atoms with Gasteiger partial charge in [0.05, 0.1) is 12.2 Å². The zero-order valence-electron chi connectivity index (χ0n) is 16.7. The highest BCUT2D eigenvalue weighted by molar-refractivity contribution is 5.91. The fraction of sp³-hybridized carbons (Fsp3) is 0.476. The first-order valence-electron chi connectivity index (χ1n) is 10.1. The number of aliphatic hydroxyl groups is 1. The quantitative estimate of drug-likeness (QED) is 0.467. The topological polar surface area (TPSA) is 92.5 Å². The van der Waals surface area contributed by atoms with Gasteiger partial charge in [-0.25, -0.2) is 4.68 Å². The lowest BCUT2D eigenvalue weighted by molar-refractivity contribution is 0.0946. The van der Waals surface area contributed by atoms with Gasteiger partial charge in [-0.15, -0.1) is 5.10 Å². The lowest BCUT2D eigenvalue weighted by Crippen LogP contribution is -2.36. The number of nitrogens with zero attached hydrogens (tertiary/aromatic N) is 4. The van der Waals surface area contributed by atoms with E-state index in [1.165, 1.54) is 0 Å². The Labute approximate surface area is 171 Å². The van der Waals surface area contributed by atoms with E-state index in [2.05, 4.69) is 33.2 Å². The molecule has 3 rings (SSSR count). The first-order valence-corrected chi connectivity index (χ1v) is 10.1. The van der Waals surface area contributed by atoms with Gasteiger partial charge in [-0.3, -0.25) is 9.69 Å². The van der Waals surface area contributed by atoms with Crippen LogP contribution in [0.3, 0.4) is 0 Å². The number of hydrogen-bond donors (Lipinski definition) is 2. The van der Waals surface area contributed by atoms with E-state index in [4.69, 9.17) is 9.84 Å². The first-order chi connectivity index (χ1) is 14.2. The largest absolute Gasteiger partial charge is 0.489 e. The molecule has 29 heavy (non-hydrogen) atoms. The molecule has 156 valence electrons. The Hall–Kier alpha value is -2.71. The van der Waals surface area contributed by atoms with Crippen molar-refractivity contribution >= 4 is 5.91 Å². The number of benzene rings is 1. The molecule has 1 fully saturated rings. The molecule has 1 unspecified atom stereocenters. The Kier molecular flexibility index (Phi) is 7.77. The molecular formula is C21H29N5O3. The Bertz CT molecular complexity index is 807. The van der Waals surface area contributed by atoms with Crippen LogP contribution in [0.4, 0.5) is 0 Å². The molecule has 8 nitrogen and oxygen atoms in total. The minimum atomic E-state index is -0.259. The molecule has 2 aromatic rings. The van der Waals surface area contributed by atoms with Crippen molar-refractivity contribution in [2.75, 3.05) is 32.8 Å². The van der Waals surface area contributed by atoms with E-state index in [0.29, 0.717) is 25.3 Å². The summed E-state index contributed by atoms with van der Waals surface area (Å²) < 4.78 is 7.58. The van der Waals surface area contributed by atoms with Gasteiger partial charge in [0.1, 0.15) is 12.4 Å². The fourth-order valence-corrected chi connectivity index (χ4v) is 3.49. The second kappa shape index (κ2) is 10.7. The minimum absolute atomic E-state index is 0.0483. The third-order valence-corrected chi connectivity index (χ3v) is 4.94. The third-order valence-electron chi connectivity index (χ3n) is 4.94. The molecule has 8 heteroatoms. The number of aliphatic hydroxyl groups excluding tert-OH is 1. The van der Waals surface area contributed by atoms with Gasteiger partial charge >= 0.3 is 0 Å². The van der Waals surface area contributed by atoms with Crippen molar-refractivity contribution in [1.82, 2.24) is 25.2 Å². The molecule has 1 saturated heterocycles. The Morgan fingerprint density at radius 3 is 3.10 bits per heavy atom. The summed E-state index contributed by atoms with van der Waals surface area (Å²) in [7, 11) is 0. The second-order valence-corrected chi connectivity index (χ2v) is 7.16. The molecule has 0 saturated carbocycles. The molecule has 2 N–H and O–H groups in total. The molecule has 1 amide bonds. The Balaban J connectivity index is 1.60. The summed E-state index contributed by atoms with van der Waals surface area (Å²) in [5.74, 6) is 0.628. The van der Waals surface area contributed by atoms with Crippen LogP contribution in [0.2, 0.25) is 0 Å². The van der Waals surface area contributed by atoms with Crippen molar-refractivity contribution in [2.24, 2.45) is 0 Å². The summed E-state index contributed by atoms with van der Waals surface area (Å²) >= 11 is 0. The van der Waals surface area contributed by atoms with E-state index in [9.17, 15) is 4.79 Å². The highest BCUT2D eigenvalue weighted by Gasteiger charge is 2.24. The van der Waals surface area contributed by atoms with Crippen LogP contribution < -0.4 is 10.1 Å². The lowest BCUT2D eigenvalue weighted by Gasteiger charge is -2.32.